The summed E-state index contributed by atoms with van der Waals surface area (Å²) in [6.07, 6.45) is -1.62. The van der Waals surface area contributed by atoms with Crippen LogP contribution in [0.1, 0.15) is 37.5 Å². The molecule has 1 saturated heterocycles. The van der Waals surface area contributed by atoms with Gasteiger partial charge in [0.1, 0.15) is 42.2 Å². The monoisotopic (exact) mass is 776 g/mol. The van der Waals surface area contributed by atoms with Crippen LogP contribution in [0.25, 0.3) is 0 Å². The number of anilines is 1. The lowest BCUT2D eigenvalue weighted by atomic mass is 9.93. The van der Waals surface area contributed by atoms with Gasteiger partial charge in [-0.2, -0.15) is 0 Å². The molecule has 1 aromatic heterocycles. The molecule has 0 spiro atoms. The van der Waals surface area contributed by atoms with Crippen molar-refractivity contribution in [2.75, 3.05) is 18.5 Å². The maximum Gasteiger partial charge on any atom is 0.207 e. The molecule has 1 aliphatic heterocycles. The fraction of sp³-hybridized carbons (Fsp3) is 0.244. The van der Waals surface area contributed by atoms with E-state index in [4.69, 9.17) is 23.7 Å². The minimum atomic E-state index is -0.932. The number of halogens is 2. The van der Waals surface area contributed by atoms with Crippen molar-refractivity contribution >= 4 is 22.3 Å². The van der Waals surface area contributed by atoms with Crippen LogP contribution in [-0.2, 0) is 50.1 Å². The molecule has 1 N–H and O–H groups in total. The molecule has 0 amide bonds. The number of benzene rings is 5. The molecular weight excluding hydrogens is 735 g/mol. The lowest BCUT2D eigenvalue weighted by Gasteiger charge is -2.46. The highest BCUT2D eigenvalue weighted by molar-refractivity contribution is 7.17. The third kappa shape index (κ3) is 10.6. The number of hydrogen-bond donors (Lipinski definition) is 1. The molecule has 5 aromatic carbocycles. The van der Waals surface area contributed by atoms with Crippen molar-refractivity contribution in [3.63, 3.8) is 0 Å². The highest BCUT2D eigenvalue weighted by atomic mass is 32.1. The predicted octanol–water partition coefficient (Wildman–Crippen LogP) is 8.80. The molecule has 1 aliphatic rings. The maximum absolute atomic E-state index is 14.5. The zero-order chi connectivity index (χ0) is 38.5. The maximum atomic E-state index is 14.5. The van der Waals surface area contributed by atoms with Crippen LogP contribution >= 0.6 is 11.3 Å². The van der Waals surface area contributed by atoms with Crippen molar-refractivity contribution in [3.05, 3.63) is 190 Å². The van der Waals surface area contributed by atoms with E-state index in [2.05, 4.69) is 10.3 Å². The molecule has 7 rings (SSSR count). The van der Waals surface area contributed by atoms with Gasteiger partial charge < -0.3 is 29.0 Å². The minimum absolute atomic E-state index is 0.199. The van der Waals surface area contributed by atoms with Gasteiger partial charge in [0.25, 0.3) is 0 Å². The van der Waals surface area contributed by atoms with Gasteiger partial charge in [-0.05, 0) is 34.4 Å². The van der Waals surface area contributed by atoms with Crippen molar-refractivity contribution in [2.45, 2.75) is 56.9 Å². The van der Waals surface area contributed by atoms with Gasteiger partial charge in [0, 0.05) is 12.6 Å². The first-order chi connectivity index (χ1) is 27.5. The summed E-state index contributed by atoms with van der Waals surface area (Å²) in [5.74, 6) is -2.28. The summed E-state index contributed by atoms with van der Waals surface area (Å²) >= 11 is 1.07. The highest BCUT2D eigenvalue weighted by Crippen LogP contribution is 2.32. The third-order valence-corrected chi connectivity index (χ3v) is 10.3. The van der Waals surface area contributed by atoms with Crippen molar-refractivity contribution in [2.24, 2.45) is 0 Å². The fourth-order valence-corrected chi connectivity index (χ4v) is 7.28. The topological polar surface area (TPSA) is 88.1 Å². The molecule has 11 heteroatoms. The Labute approximate surface area is 329 Å². The average Bonchev–Trinajstić information content (AvgIpc) is 3.72. The molecule has 0 aliphatic carbocycles. The number of rotatable bonds is 18. The van der Waals surface area contributed by atoms with Crippen LogP contribution in [0.2, 0.25) is 0 Å². The Kier molecular flexibility index (Phi) is 13.7. The van der Waals surface area contributed by atoms with Gasteiger partial charge in [-0.3, -0.25) is 4.79 Å². The second-order valence-corrected chi connectivity index (χ2v) is 14.4. The molecule has 1 fully saturated rings. The number of aromatic nitrogens is 1. The molecular formula is C45H42F2N2O6S. The number of hydrogen-bond acceptors (Lipinski definition) is 9. The first kappa shape index (κ1) is 39.1. The first-order valence-corrected chi connectivity index (χ1v) is 19.2. The highest BCUT2D eigenvalue weighted by Gasteiger charge is 2.48. The molecule has 2 heterocycles. The van der Waals surface area contributed by atoms with Crippen LogP contribution in [0.5, 0.6) is 0 Å². The van der Waals surface area contributed by atoms with Crippen LogP contribution in [0.15, 0.2) is 146 Å². The van der Waals surface area contributed by atoms with Crippen LogP contribution < -0.4 is 5.32 Å². The van der Waals surface area contributed by atoms with E-state index in [0.717, 1.165) is 45.7 Å². The summed E-state index contributed by atoms with van der Waals surface area (Å²) in [6.45, 7) is 1.71. The summed E-state index contributed by atoms with van der Waals surface area (Å²) in [5.41, 5.74) is 3.76. The van der Waals surface area contributed by atoms with Crippen LogP contribution in [0, 0.1) is 11.6 Å². The van der Waals surface area contributed by atoms with Crippen molar-refractivity contribution in [1.29, 1.82) is 0 Å². The van der Waals surface area contributed by atoms with E-state index in [1.54, 1.807) is 0 Å². The molecule has 288 valence electrons. The van der Waals surface area contributed by atoms with E-state index in [1.807, 2.05) is 121 Å². The SMILES string of the molecule is O=C(c1cnc(NCC2OC(COCc3ccccc3)C(OCc3ccccc3)C(OCc3ccccc3)C2OCc2ccccc2)s1)c1ccc(F)cc1F. The molecule has 0 bridgehead atoms. The standard InChI is InChI=1S/C45H42F2N2O6S/c46-35-21-22-36(37(47)23-35)41(50)40-25-49-45(56-40)48-24-38-42(52-27-32-15-7-2-8-16-32)44(54-29-34-19-11-4-12-20-34)43(53-28-33-17-9-3-10-18-33)39(55-38)30-51-26-31-13-5-1-6-14-31/h1-23,25,38-39,42-44H,24,26-30H2,(H,48,49). The number of carbonyl (C=O) groups is 1. The third-order valence-electron chi connectivity index (χ3n) is 9.34. The second-order valence-electron chi connectivity index (χ2n) is 13.4. The Morgan fingerprint density at radius 3 is 1.68 bits per heavy atom. The average molecular weight is 777 g/mol. The van der Waals surface area contributed by atoms with Gasteiger partial charge in [-0.15, -0.1) is 0 Å². The second kappa shape index (κ2) is 19.6. The molecule has 0 radical (unpaired) electrons. The lowest BCUT2D eigenvalue weighted by Crippen LogP contribution is -2.62. The normalized spacial score (nSPS) is 19.4. The lowest BCUT2D eigenvalue weighted by molar-refractivity contribution is -0.269. The molecule has 8 nitrogen and oxygen atoms in total. The Morgan fingerprint density at radius 1 is 0.643 bits per heavy atom. The predicted molar refractivity (Wildman–Crippen MR) is 210 cm³/mol. The summed E-state index contributed by atoms with van der Waals surface area (Å²) in [7, 11) is 0. The van der Waals surface area contributed by atoms with Gasteiger partial charge >= 0.3 is 0 Å². The summed E-state index contributed by atoms with van der Waals surface area (Å²) < 4.78 is 61.5. The number of nitrogens with zero attached hydrogens (tertiary/aromatic N) is 1. The number of thiazole rings is 1. The summed E-state index contributed by atoms with van der Waals surface area (Å²) in [4.78, 5) is 17.7. The van der Waals surface area contributed by atoms with Gasteiger partial charge in [0.2, 0.25) is 5.78 Å². The van der Waals surface area contributed by atoms with E-state index in [9.17, 15) is 13.6 Å². The first-order valence-electron chi connectivity index (χ1n) is 18.4. The molecule has 6 aromatic rings. The Balaban J connectivity index is 1.17. The molecule has 56 heavy (non-hydrogen) atoms. The summed E-state index contributed by atoms with van der Waals surface area (Å²) in [5, 5.41) is 3.74. The van der Waals surface area contributed by atoms with Gasteiger partial charge in [-0.1, -0.05) is 133 Å². The Morgan fingerprint density at radius 2 is 1.14 bits per heavy atom. The van der Waals surface area contributed by atoms with E-state index in [-0.39, 0.29) is 30.2 Å². The smallest absolute Gasteiger partial charge is 0.207 e. The van der Waals surface area contributed by atoms with E-state index in [1.165, 1.54) is 6.20 Å². The van der Waals surface area contributed by atoms with E-state index >= 15 is 0 Å². The van der Waals surface area contributed by atoms with Crippen molar-refractivity contribution < 1.29 is 37.3 Å². The Bertz CT molecular complexity index is 2110. The fourth-order valence-electron chi connectivity index (χ4n) is 6.50. The van der Waals surface area contributed by atoms with Gasteiger partial charge in [0.05, 0.1) is 49.7 Å². The molecule has 5 atom stereocenters. The minimum Gasteiger partial charge on any atom is -0.374 e. The molecule has 0 saturated carbocycles. The van der Waals surface area contributed by atoms with Crippen LogP contribution in [0.4, 0.5) is 13.9 Å². The quantitative estimate of drug-likeness (QED) is 0.0868. The largest absolute Gasteiger partial charge is 0.374 e. The van der Waals surface area contributed by atoms with Gasteiger partial charge in [0.15, 0.2) is 5.13 Å². The number of ether oxygens (including phenoxy) is 5. The van der Waals surface area contributed by atoms with Gasteiger partial charge in [-0.25, -0.2) is 13.8 Å². The summed E-state index contributed by atoms with van der Waals surface area (Å²) in [6, 6.07) is 42.5. The zero-order valence-electron chi connectivity index (χ0n) is 30.5. The number of carbonyl (C=O) groups excluding carboxylic acids is 1. The zero-order valence-corrected chi connectivity index (χ0v) is 31.4. The Hall–Kier alpha value is -5.14. The van der Waals surface area contributed by atoms with Crippen molar-refractivity contribution in [3.8, 4) is 0 Å². The van der Waals surface area contributed by atoms with E-state index < -0.39 is 47.9 Å². The van der Waals surface area contributed by atoms with Crippen molar-refractivity contribution in [1.82, 2.24) is 4.98 Å². The van der Waals surface area contributed by atoms with Crippen LogP contribution in [0.3, 0.4) is 0 Å². The number of nitrogens with one attached hydrogen (secondary N) is 1. The molecule has 5 unspecified atom stereocenters. The number of ketones is 1. The van der Waals surface area contributed by atoms with E-state index in [0.29, 0.717) is 31.0 Å². The van der Waals surface area contributed by atoms with Crippen LogP contribution in [-0.4, -0.2) is 54.4 Å².